The predicted molar refractivity (Wildman–Crippen MR) is 98.8 cm³/mol. The molecule has 0 aromatic heterocycles. The van der Waals surface area contributed by atoms with Crippen molar-refractivity contribution < 1.29 is 9.59 Å². The van der Waals surface area contributed by atoms with Crippen molar-refractivity contribution in [3.05, 3.63) is 29.8 Å². The van der Waals surface area contributed by atoms with E-state index in [-0.39, 0.29) is 23.1 Å². The Labute approximate surface area is 150 Å². The average Bonchev–Trinajstić information content (AvgIpc) is 3.05. The lowest BCUT2D eigenvalue weighted by molar-refractivity contribution is -0.124. The predicted octanol–water partition coefficient (Wildman–Crippen LogP) is 2.90. The molecule has 2 fully saturated rings. The van der Waals surface area contributed by atoms with Gasteiger partial charge in [-0.25, -0.2) is 0 Å². The molecule has 0 radical (unpaired) electrons. The third-order valence-corrected chi connectivity index (χ3v) is 5.78. The van der Waals surface area contributed by atoms with Crippen LogP contribution in [0.4, 0.5) is 5.69 Å². The summed E-state index contributed by atoms with van der Waals surface area (Å²) in [6, 6.07) is 8.06. The highest BCUT2D eigenvalue weighted by molar-refractivity contribution is 5.95. The van der Waals surface area contributed by atoms with Gasteiger partial charge in [0, 0.05) is 24.2 Å². The lowest BCUT2D eigenvalue weighted by Gasteiger charge is -2.31. The van der Waals surface area contributed by atoms with E-state index >= 15 is 0 Å². The van der Waals surface area contributed by atoms with Crippen molar-refractivity contribution in [2.24, 2.45) is 17.1 Å². The second kappa shape index (κ2) is 7.56. The summed E-state index contributed by atoms with van der Waals surface area (Å²) in [5.74, 6) is -0.0827. The highest BCUT2D eigenvalue weighted by atomic mass is 16.2. The molecule has 0 spiro atoms. The van der Waals surface area contributed by atoms with E-state index in [0.29, 0.717) is 0 Å². The van der Waals surface area contributed by atoms with Crippen molar-refractivity contribution in [2.45, 2.75) is 52.0 Å². The number of nitrogens with zero attached hydrogens (tertiary/aromatic N) is 1. The number of nitrogens with one attached hydrogen (secondary N) is 1. The number of carbonyl (C=O) groups is 2. The van der Waals surface area contributed by atoms with Gasteiger partial charge in [0.2, 0.25) is 11.8 Å². The maximum Gasteiger partial charge on any atom is 0.230 e. The highest BCUT2D eigenvalue weighted by Gasteiger charge is 2.36. The number of anilines is 1. The molecule has 136 valence electrons. The number of carbonyl (C=O) groups excluding carboxylic acids is 2. The fourth-order valence-corrected chi connectivity index (χ4v) is 4.05. The molecular formula is C20H29N3O2. The Kier molecular flexibility index (Phi) is 5.42. The Balaban J connectivity index is 1.55. The van der Waals surface area contributed by atoms with Gasteiger partial charge in [0.15, 0.2) is 0 Å². The SMILES string of the molecule is CC1(C(=O)Nc2ccc(CN3CCC[C@@H](C(N)=O)C3)cc2)CCCC1. The summed E-state index contributed by atoms with van der Waals surface area (Å²) in [4.78, 5) is 26.1. The van der Waals surface area contributed by atoms with Crippen LogP contribution >= 0.6 is 0 Å². The summed E-state index contributed by atoms with van der Waals surface area (Å²) in [6.45, 7) is 4.62. The molecule has 3 rings (SSSR count). The Bertz CT molecular complexity index is 620. The molecule has 5 heteroatoms. The van der Waals surface area contributed by atoms with Crippen LogP contribution in [0.25, 0.3) is 0 Å². The number of primary amides is 1. The van der Waals surface area contributed by atoms with E-state index in [1.165, 1.54) is 5.56 Å². The van der Waals surface area contributed by atoms with E-state index in [2.05, 4.69) is 29.3 Å². The molecule has 0 unspecified atom stereocenters. The van der Waals surface area contributed by atoms with Crippen LogP contribution in [0, 0.1) is 11.3 Å². The minimum Gasteiger partial charge on any atom is -0.369 e. The summed E-state index contributed by atoms with van der Waals surface area (Å²) >= 11 is 0. The lowest BCUT2D eigenvalue weighted by Crippen LogP contribution is -2.40. The third kappa shape index (κ3) is 4.40. The first-order valence-electron chi connectivity index (χ1n) is 9.38. The molecule has 2 aliphatic rings. The molecule has 1 atom stereocenters. The summed E-state index contributed by atoms with van der Waals surface area (Å²) in [5, 5.41) is 3.06. The number of piperidine rings is 1. The Hall–Kier alpha value is -1.88. The number of rotatable bonds is 5. The van der Waals surface area contributed by atoms with E-state index in [1.54, 1.807) is 0 Å². The van der Waals surface area contributed by atoms with E-state index in [4.69, 9.17) is 5.73 Å². The van der Waals surface area contributed by atoms with Crippen LogP contribution in [-0.2, 0) is 16.1 Å². The lowest BCUT2D eigenvalue weighted by atomic mass is 9.88. The van der Waals surface area contributed by atoms with Crippen LogP contribution in [0.3, 0.4) is 0 Å². The van der Waals surface area contributed by atoms with E-state index in [1.807, 2.05) is 12.1 Å². The van der Waals surface area contributed by atoms with Gasteiger partial charge in [-0.15, -0.1) is 0 Å². The van der Waals surface area contributed by atoms with Gasteiger partial charge in [-0.05, 0) is 49.9 Å². The monoisotopic (exact) mass is 343 g/mol. The van der Waals surface area contributed by atoms with E-state index in [9.17, 15) is 9.59 Å². The summed E-state index contributed by atoms with van der Waals surface area (Å²) in [7, 11) is 0. The molecule has 1 aromatic rings. The van der Waals surface area contributed by atoms with Gasteiger partial charge in [-0.3, -0.25) is 14.5 Å². The first-order chi connectivity index (χ1) is 12.0. The number of hydrogen-bond donors (Lipinski definition) is 2. The summed E-state index contributed by atoms with van der Waals surface area (Å²) in [5.41, 5.74) is 7.28. The molecule has 1 saturated heterocycles. The molecule has 1 heterocycles. The van der Waals surface area contributed by atoms with Crippen LogP contribution < -0.4 is 11.1 Å². The molecule has 0 bridgehead atoms. The molecule has 2 amide bonds. The first kappa shape index (κ1) is 17.9. The normalized spacial score (nSPS) is 23.3. The van der Waals surface area contributed by atoms with Gasteiger partial charge < -0.3 is 11.1 Å². The van der Waals surface area contributed by atoms with Crippen molar-refractivity contribution in [1.82, 2.24) is 4.90 Å². The zero-order chi connectivity index (χ0) is 17.9. The second-order valence-corrected chi connectivity index (χ2v) is 7.90. The quantitative estimate of drug-likeness (QED) is 0.863. The largest absolute Gasteiger partial charge is 0.369 e. The summed E-state index contributed by atoms with van der Waals surface area (Å²) < 4.78 is 0. The van der Waals surface area contributed by atoms with Crippen LogP contribution in [0.15, 0.2) is 24.3 Å². The van der Waals surface area contributed by atoms with Gasteiger partial charge in [-0.2, -0.15) is 0 Å². The molecule has 1 aliphatic carbocycles. The molecule has 5 nitrogen and oxygen atoms in total. The number of hydrogen-bond acceptors (Lipinski definition) is 3. The number of benzene rings is 1. The average molecular weight is 343 g/mol. The van der Waals surface area contributed by atoms with Gasteiger partial charge in [-0.1, -0.05) is 31.9 Å². The second-order valence-electron chi connectivity index (χ2n) is 7.90. The number of amides is 2. The molecule has 3 N–H and O–H groups in total. The van der Waals surface area contributed by atoms with Crippen molar-refractivity contribution in [3.63, 3.8) is 0 Å². The standard InChI is InChI=1S/C20H29N3O2/c1-20(10-2-3-11-20)19(25)22-17-8-6-15(7-9-17)13-23-12-4-5-16(14-23)18(21)24/h6-9,16H,2-5,10-14H2,1H3,(H2,21,24)(H,22,25)/t16-/m1/s1. The third-order valence-electron chi connectivity index (χ3n) is 5.78. The van der Waals surface area contributed by atoms with Gasteiger partial charge >= 0.3 is 0 Å². The van der Waals surface area contributed by atoms with Crippen LogP contribution in [-0.4, -0.2) is 29.8 Å². The molecule has 1 saturated carbocycles. The maximum absolute atomic E-state index is 12.5. The molecule has 25 heavy (non-hydrogen) atoms. The van der Waals surface area contributed by atoms with E-state index in [0.717, 1.165) is 63.8 Å². The number of nitrogens with two attached hydrogens (primary N) is 1. The Morgan fingerprint density at radius 1 is 1.20 bits per heavy atom. The number of likely N-dealkylation sites (tertiary alicyclic amines) is 1. The highest BCUT2D eigenvalue weighted by Crippen LogP contribution is 2.38. The van der Waals surface area contributed by atoms with Crippen LogP contribution in [0.2, 0.25) is 0 Å². The van der Waals surface area contributed by atoms with Crippen molar-refractivity contribution >= 4 is 17.5 Å². The van der Waals surface area contributed by atoms with Crippen molar-refractivity contribution in [3.8, 4) is 0 Å². The zero-order valence-corrected chi connectivity index (χ0v) is 15.1. The van der Waals surface area contributed by atoms with Crippen molar-refractivity contribution in [2.75, 3.05) is 18.4 Å². The Morgan fingerprint density at radius 3 is 2.52 bits per heavy atom. The first-order valence-corrected chi connectivity index (χ1v) is 9.38. The minimum absolute atomic E-state index is 0.0283. The topological polar surface area (TPSA) is 75.4 Å². The smallest absolute Gasteiger partial charge is 0.230 e. The molecule has 1 aromatic carbocycles. The minimum atomic E-state index is -0.212. The fourth-order valence-electron chi connectivity index (χ4n) is 4.05. The van der Waals surface area contributed by atoms with Crippen LogP contribution in [0.1, 0.15) is 51.0 Å². The molecule has 1 aliphatic heterocycles. The molecular weight excluding hydrogens is 314 g/mol. The van der Waals surface area contributed by atoms with Crippen molar-refractivity contribution in [1.29, 1.82) is 0 Å². The maximum atomic E-state index is 12.5. The zero-order valence-electron chi connectivity index (χ0n) is 15.1. The van der Waals surface area contributed by atoms with Gasteiger partial charge in [0.25, 0.3) is 0 Å². The fraction of sp³-hybridized carbons (Fsp3) is 0.600. The summed E-state index contributed by atoms with van der Waals surface area (Å²) in [6.07, 6.45) is 6.16. The Morgan fingerprint density at radius 2 is 1.88 bits per heavy atom. The van der Waals surface area contributed by atoms with Gasteiger partial charge in [0.05, 0.1) is 5.92 Å². The van der Waals surface area contributed by atoms with E-state index < -0.39 is 0 Å². The van der Waals surface area contributed by atoms with Crippen LogP contribution in [0.5, 0.6) is 0 Å². The van der Waals surface area contributed by atoms with Gasteiger partial charge in [0.1, 0.15) is 0 Å².